The highest BCUT2D eigenvalue weighted by atomic mass is 32.2. The molecule has 3 aromatic rings. The maximum absolute atomic E-state index is 5.81. The number of pyridine rings is 1. The molecule has 100 valence electrons. The smallest absolute Gasteiger partial charge is 0.157 e. The summed E-state index contributed by atoms with van der Waals surface area (Å²) in [5.74, 6) is 0. The SMILES string of the molecule is Nc1ccc2nc(Sc3ccc4c(n3)CCC4)sc2c1. The van der Waals surface area contributed by atoms with Crippen LogP contribution in [0.25, 0.3) is 10.2 Å². The van der Waals surface area contributed by atoms with Crippen molar-refractivity contribution in [1.29, 1.82) is 0 Å². The second-order valence-electron chi connectivity index (χ2n) is 4.92. The third-order valence-electron chi connectivity index (χ3n) is 3.49. The van der Waals surface area contributed by atoms with Crippen molar-refractivity contribution >= 4 is 39.0 Å². The number of benzene rings is 1. The Morgan fingerprint density at radius 2 is 2.05 bits per heavy atom. The molecule has 2 aromatic heterocycles. The van der Waals surface area contributed by atoms with Crippen molar-refractivity contribution in [2.45, 2.75) is 28.6 Å². The van der Waals surface area contributed by atoms with Crippen molar-refractivity contribution in [2.75, 3.05) is 5.73 Å². The highest BCUT2D eigenvalue weighted by Gasteiger charge is 2.14. The maximum Gasteiger partial charge on any atom is 0.157 e. The summed E-state index contributed by atoms with van der Waals surface area (Å²) in [6, 6.07) is 10.2. The number of thiazole rings is 1. The molecule has 1 aliphatic carbocycles. The van der Waals surface area contributed by atoms with Gasteiger partial charge in [0.25, 0.3) is 0 Å². The zero-order valence-electron chi connectivity index (χ0n) is 10.8. The predicted octanol–water partition coefficient (Wildman–Crippen LogP) is 3.91. The quantitative estimate of drug-likeness (QED) is 0.729. The first-order valence-corrected chi connectivity index (χ1v) is 8.24. The molecule has 0 unspecified atom stereocenters. The maximum atomic E-state index is 5.81. The van der Waals surface area contributed by atoms with E-state index in [-0.39, 0.29) is 0 Å². The van der Waals surface area contributed by atoms with Gasteiger partial charge < -0.3 is 5.73 Å². The van der Waals surface area contributed by atoms with E-state index in [1.165, 1.54) is 24.1 Å². The summed E-state index contributed by atoms with van der Waals surface area (Å²) < 4.78 is 2.16. The Labute approximate surface area is 125 Å². The Balaban J connectivity index is 1.66. The summed E-state index contributed by atoms with van der Waals surface area (Å²) in [4.78, 5) is 9.37. The van der Waals surface area contributed by atoms with E-state index in [2.05, 4.69) is 17.1 Å². The number of nitrogen functional groups attached to an aromatic ring is 1. The molecule has 5 heteroatoms. The highest BCUT2D eigenvalue weighted by molar-refractivity contribution is 8.01. The molecule has 1 aliphatic rings. The van der Waals surface area contributed by atoms with Crippen LogP contribution in [-0.2, 0) is 12.8 Å². The molecular formula is C15H13N3S2. The van der Waals surface area contributed by atoms with E-state index in [4.69, 9.17) is 10.7 Å². The van der Waals surface area contributed by atoms with Gasteiger partial charge in [0.1, 0.15) is 5.03 Å². The second-order valence-corrected chi connectivity index (χ2v) is 7.22. The van der Waals surface area contributed by atoms with Gasteiger partial charge in [0.2, 0.25) is 0 Å². The summed E-state index contributed by atoms with van der Waals surface area (Å²) >= 11 is 3.31. The van der Waals surface area contributed by atoms with Gasteiger partial charge in [-0.1, -0.05) is 6.07 Å². The summed E-state index contributed by atoms with van der Waals surface area (Å²) in [5.41, 5.74) is 10.3. The molecule has 0 atom stereocenters. The van der Waals surface area contributed by atoms with Gasteiger partial charge in [-0.25, -0.2) is 9.97 Å². The lowest BCUT2D eigenvalue weighted by atomic mass is 10.2. The molecule has 0 bridgehead atoms. The van der Waals surface area contributed by atoms with Gasteiger partial charge in [-0.3, -0.25) is 0 Å². The number of hydrogen-bond donors (Lipinski definition) is 1. The van der Waals surface area contributed by atoms with Crippen molar-refractivity contribution in [3.8, 4) is 0 Å². The van der Waals surface area contributed by atoms with Gasteiger partial charge in [-0.2, -0.15) is 0 Å². The van der Waals surface area contributed by atoms with Crippen LogP contribution in [0.15, 0.2) is 39.7 Å². The highest BCUT2D eigenvalue weighted by Crippen LogP contribution is 2.35. The van der Waals surface area contributed by atoms with Gasteiger partial charge in [0.15, 0.2) is 4.34 Å². The molecule has 1 aromatic carbocycles. The summed E-state index contributed by atoms with van der Waals surface area (Å²) in [6.07, 6.45) is 3.52. The Bertz CT molecular complexity index is 795. The fourth-order valence-corrected chi connectivity index (χ4v) is 4.56. The molecule has 4 rings (SSSR count). The third-order valence-corrected chi connectivity index (χ3v) is 5.50. The third kappa shape index (κ3) is 2.17. The number of rotatable bonds is 2. The zero-order valence-corrected chi connectivity index (χ0v) is 12.4. The van der Waals surface area contributed by atoms with Crippen LogP contribution in [0, 0.1) is 0 Å². The van der Waals surface area contributed by atoms with E-state index < -0.39 is 0 Å². The van der Waals surface area contributed by atoms with Crippen molar-refractivity contribution < 1.29 is 0 Å². The number of aryl methyl sites for hydroxylation is 2. The fourth-order valence-electron chi connectivity index (χ4n) is 2.51. The molecule has 20 heavy (non-hydrogen) atoms. The van der Waals surface area contributed by atoms with E-state index in [0.717, 1.165) is 31.7 Å². The Kier molecular flexibility index (Phi) is 2.89. The topological polar surface area (TPSA) is 51.8 Å². The van der Waals surface area contributed by atoms with Crippen LogP contribution in [0.3, 0.4) is 0 Å². The van der Waals surface area contributed by atoms with Crippen LogP contribution >= 0.6 is 23.1 Å². The summed E-state index contributed by atoms with van der Waals surface area (Å²) in [5, 5.41) is 1.04. The van der Waals surface area contributed by atoms with Crippen molar-refractivity contribution in [3.63, 3.8) is 0 Å². The minimum Gasteiger partial charge on any atom is -0.399 e. The first-order valence-electron chi connectivity index (χ1n) is 6.61. The van der Waals surface area contributed by atoms with Crippen LogP contribution in [-0.4, -0.2) is 9.97 Å². The average molecular weight is 299 g/mol. The summed E-state index contributed by atoms with van der Waals surface area (Å²) in [6.45, 7) is 0. The van der Waals surface area contributed by atoms with E-state index in [9.17, 15) is 0 Å². The molecule has 0 spiro atoms. The Morgan fingerprint density at radius 1 is 1.10 bits per heavy atom. The van der Waals surface area contributed by atoms with E-state index in [1.807, 2.05) is 18.2 Å². The zero-order chi connectivity index (χ0) is 13.5. The van der Waals surface area contributed by atoms with Gasteiger partial charge in [-0.05, 0) is 60.9 Å². The average Bonchev–Trinajstić information content (AvgIpc) is 3.03. The molecule has 0 amide bonds. The first-order chi connectivity index (χ1) is 9.78. The standard InChI is InChI=1S/C15H13N3S2/c16-10-5-6-12-13(8-10)19-15(18-12)20-14-7-4-9-2-1-3-11(9)17-14/h4-8H,1-3,16H2. The molecule has 0 saturated heterocycles. The molecule has 0 aliphatic heterocycles. The Hall–Kier alpha value is -1.59. The monoisotopic (exact) mass is 299 g/mol. The molecular weight excluding hydrogens is 286 g/mol. The largest absolute Gasteiger partial charge is 0.399 e. The van der Waals surface area contributed by atoms with Crippen LogP contribution in [0.5, 0.6) is 0 Å². The number of nitrogens with zero attached hydrogens (tertiary/aromatic N) is 2. The second kappa shape index (κ2) is 4.75. The molecule has 0 radical (unpaired) electrons. The van der Waals surface area contributed by atoms with Crippen LogP contribution in [0.1, 0.15) is 17.7 Å². The van der Waals surface area contributed by atoms with Crippen LogP contribution in [0.4, 0.5) is 5.69 Å². The van der Waals surface area contributed by atoms with Crippen molar-refractivity contribution in [1.82, 2.24) is 9.97 Å². The number of hydrogen-bond acceptors (Lipinski definition) is 5. The molecule has 0 saturated carbocycles. The fraction of sp³-hybridized carbons (Fsp3) is 0.200. The minimum absolute atomic E-state index is 0.786. The van der Waals surface area contributed by atoms with Crippen molar-refractivity contribution in [2.24, 2.45) is 0 Å². The van der Waals surface area contributed by atoms with E-state index in [0.29, 0.717) is 0 Å². The van der Waals surface area contributed by atoms with Gasteiger partial charge in [-0.15, -0.1) is 11.3 Å². The molecule has 2 N–H and O–H groups in total. The minimum atomic E-state index is 0.786. The lowest BCUT2D eigenvalue weighted by molar-refractivity contribution is 0.891. The lowest BCUT2D eigenvalue weighted by Gasteiger charge is -2.01. The van der Waals surface area contributed by atoms with Crippen LogP contribution in [0.2, 0.25) is 0 Å². The lowest BCUT2D eigenvalue weighted by Crippen LogP contribution is -1.89. The van der Waals surface area contributed by atoms with Crippen LogP contribution < -0.4 is 5.73 Å². The van der Waals surface area contributed by atoms with Gasteiger partial charge in [0, 0.05) is 11.4 Å². The molecule has 3 nitrogen and oxygen atoms in total. The molecule has 2 heterocycles. The number of fused-ring (bicyclic) bond motifs is 2. The normalized spacial score (nSPS) is 13.8. The van der Waals surface area contributed by atoms with Crippen molar-refractivity contribution in [3.05, 3.63) is 41.6 Å². The van der Waals surface area contributed by atoms with E-state index in [1.54, 1.807) is 23.1 Å². The first kappa shape index (κ1) is 12.2. The Morgan fingerprint density at radius 3 is 3.00 bits per heavy atom. The number of anilines is 1. The van der Waals surface area contributed by atoms with Gasteiger partial charge in [0.05, 0.1) is 10.2 Å². The predicted molar refractivity (Wildman–Crippen MR) is 84.4 cm³/mol. The number of nitrogens with two attached hydrogens (primary N) is 1. The van der Waals surface area contributed by atoms with Gasteiger partial charge >= 0.3 is 0 Å². The van der Waals surface area contributed by atoms with E-state index >= 15 is 0 Å². The summed E-state index contributed by atoms with van der Waals surface area (Å²) in [7, 11) is 0. The molecule has 0 fully saturated rings. The number of aromatic nitrogens is 2.